The number of alkyl halides is 2. The third-order valence-electron chi connectivity index (χ3n) is 6.94. The number of nitrogens with zero attached hydrogens (tertiary/aromatic N) is 4. The van der Waals surface area contributed by atoms with Crippen LogP contribution >= 0.6 is 11.6 Å². The molecule has 0 bridgehead atoms. The lowest BCUT2D eigenvalue weighted by atomic mass is 9.88. The lowest BCUT2D eigenvalue weighted by Crippen LogP contribution is -2.73. The summed E-state index contributed by atoms with van der Waals surface area (Å²) in [5, 5.41) is 22.2. The van der Waals surface area contributed by atoms with Crippen LogP contribution in [0.2, 0.25) is 5.02 Å². The highest BCUT2D eigenvalue weighted by Gasteiger charge is 2.62. The van der Waals surface area contributed by atoms with Gasteiger partial charge in [0, 0.05) is 12.6 Å². The maximum Gasteiger partial charge on any atom is 0.410 e. The number of halogens is 4. The zero-order chi connectivity index (χ0) is 28.1. The Morgan fingerprint density at radius 1 is 1.37 bits per heavy atom. The van der Waals surface area contributed by atoms with Gasteiger partial charge in [0.05, 0.1) is 39.4 Å². The predicted molar refractivity (Wildman–Crippen MR) is 136 cm³/mol. The number of nitrogens with one attached hydrogen (secondary N) is 3. The molecule has 2 aromatic rings. The molecule has 10 nitrogen and oxygen atoms in total. The summed E-state index contributed by atoms with van der Waals surface area (Å²) in [6.07, 6.45) is -1.04. The van der Waals surface area contributed by atoms with E-state index in [0.29, 0.717) is 5.69 Å². The minimum atomic E-state index is -3.88. The summed E-state index contributed by atoms with van der Waals surface area (Å²) < 4.78 is 60.0. The van der Waals surface area contributed by atoms with Gasteiger partial charge < -0.3 is 10.4 Å². The Balaban J connectivity index is 1.80. The van der Waals surface area contributed by atoms with E-state index in [0.717, 1.165) is 6.07 Å². The molecule has 0 saturated carbocycles. The molecule has 4 heterocycles. The van der Waals surface area contributed by atoms with Crippen molar-refractivity contribution in [2.24, 2.45) is 4.99 Å². The summed E-state index contributed by atoms with van der Waals surface area (Å²) in [5.74, 6) is -4.31. The number of hydrogen-bond acceptors (Lipinski definition) is 7. The zero-order valence-corrected chi connectivity index (χ0v) is 22.2. The number of thiol groups is 1. The number of carboxylic acid groups (broad SMARTS) is 1. The van der Waals surface area contributed by atoms with Crippen molar-refractivity contribution >= 4 is 39.5 Å². The molecule has 204 valence electrons. The number of aliphatic imine (C=N–C) groups is 1. The maximum atomic E-state index is 15.3. The number of rotatable bonds is 4. The highest BCUT2D eigenvalue weighted by atomic mass is 35.5. The number of hydrogen-bond donors (Lipinski definition) is 5. The second-order valence-corrected chi connectivity index (χ2v) is 13.6. The maximum absolute atomic E-state index is 15.3. The molecule has 2 atom stereocenters. The van der Waals surface area contributed by atoms with E-state index >= 15 is 4.39 Å². The Bertz CT molecular complexity index is 1430. The number of nitriles is 1. The highest BCUT2D eigenvalue weighted by molar-refractivity contribution is 8.04. The average molecular weight is 572 g/mol. The normalized spacial score (nSPS) is 25.7. The molecule has 4 rings (SSSR count). The molecule has 0 aromatic carbocycles. The molecule has 1 saturated heterocycles. The first-order chi connectivity index (χ1) is 17.6. The van der Waals surface area contributed by atoms with Crippen molar-refractivity contribution in [1.29, 1.82) is 5.26 Å². The minimum absolute atomic E-state index is 0.0307. The first kappa shape index (κ1) is 27.7. The van der Waals surface area contributed by atoms with Gasteiger partial charge in [-0.05, 0) is 49.1 Å². The van der Waals surface area contributed by atoms with Gasteiger partial charge in [0.2, 0.25) is 0 Å². The lowest BCUT2D eigenvalue weighted by Gasteiger charge is -2.57. The highest BCUT2D eigenvalue weighted by Crippen LogP contribution is 2.50. The molecule has 0 radical (unpaired) electrons. The van der Waals surface area contributed by atoms with Crippen LogP contribution in [0.25, 0.3) is 0 Å². The summed E-state index contributed by atoms with van der Waals surface area (Å²) in [6.45, 7) is 3.36. The smallest absolute Gasteiger partial charge is 0.410 e. The van der Waals surface area contributed by atoms with Gasteiger partial charge >= 0.3 is 6.09 Å². The third-order valence-corrected chi connectivity index (χ3v) is 11.3. The van der Waals surface area contributed by atoms with Crippen LogP contribution in [0.3, 0.4) is 0 Å². The summed E-state index contributed by atoms with van der Waals surface area (Å²) in [5.41, 5.74) is -1.67. The SMILES string of the molecule is CC1(C)C(NC(=O)O)=N[C@](C)(c2nc(NCc3ncc(C#N)cc3Cl)ccc2F)[C@H]2CC(F)(F)CN[SH]21=O. The number of fused-ring (bicyclic) bond motifs is 1. The topological polar surface area (TPSA) is 152 Å². The Morgan fingerprint density at radius 3 is 2.71 bits per heavy atom. The van der Waals surface area contributed by atoms with E-state index in [4.69, 9.17) is 16.9 Å². The van der Waals surface area contributed by atoms with Crippen molar-refractivity contribution in [1.82, 2.24) is 20.0 Å². The fraction of sp³-hybridized carbons (Fsp3) is 0.435. The summed E-state index contributed by atoms with van der Waals surface area (Å²) in [4.78, 5) is 24.3. The molecule has 38 heavy (non-hydrogen) atoms. The first-order valence-electron chi connectivity index (χ1n) is 11.4. The molecule has 0 aliphatic carbocycles. The standard InChI is InChI=1S/C23H25ClF3N7O3S/c1-21(2)19(33-20(35)36)34-22(3,16-7-23(26,27)11-31-38(16,21)37)18-14(25)4-5-17(32-18)30-10-15-13(24)6-12(8-28)9-29-15/h4-6,9,16,38H,7,10-11H2,1-3H3,(H,30,32)(H,31,37)(H,33,34)(H,35,36)/t16-,22+/m1/s1. The monoisotopic (exact) mass is 571 g/mol. The van der Waals surface area contributed by atoms with Gasteiger partial charge in [-0.25, -0.2) is 22.9 Å². The number of carbonyl (C=O) groups is 1. The van der Waals surface area contributed by atoms with Crippen LogP contribution in [-0.4, -0.2) is 53.7 Å². The molecule has 1 amide bonds. The summed E-state index contributed by atoms with van der Waals surface area (Å²) >= 11 is 6.16. The predicted octanol–water partition coefficient (Wildman–Crippen LogP) is 3.36. The Kier molecular flexibility index (Phi) is 6.92. The quantitative estimate of drug-likeness (QED) is 0.353. The summed E-state index contributed by atoms with van der Waals surface area (Å²) in [7, 11) is -3.88. The fourth-order valence-electron chi connectivity index (χ4n) is 4.79. The van der Waals surface area contributed by atoms with E-state index < -0.39 is 56.5 Å². The van der Waals surface area contributed by atoms with E-state index in [1.807, 2.05) is 6.07 Å². The molecule has 2 aliphatic rings. The van der Waals surface area contributed by atoms with Gasteiger partial charge in [-0.3, -0.25) is 24.2 Å². The van der Waals surface area contributed by atoms with E-state index in [-0.39, 0.29) is 34.5 Å². The summed E-state index contributed by atoms with van der Waals surface area (Å²) in [6, 6.07) is 5.71. The van der Waals surface area contributed by atoms with E-state index in [2.05, 4.69) is 30.3 Å². The molecule has 2 aromatic heterocycles. The molecule has 0 spiro atoms. The Morgan fingerprint density at radius 2 is 2.08 bits per heavy atom. The van der Waals surface area contributed by atoms with Crippen molar-refractivity contribution in [2.75, 3.05) is 11.9 Å². The van der Waals surface area contributed by atoms with E-state index in [1.54, 1.807) is 0 Å². The second-order valence-electron chi connectivity index (χ2n) is 9.81. The number of anilines is 1. The van der Waals surface area contributed by atoms with Gasteiger partial charge in [0.25, 0.3) is 5.92 Å². The second kappa shape index (κ2) is 9.48. The average Bonchev–Trinajstić information content (AvgIpc) is 2.84. The molecule has 15 heteroatoms. The molecular weight excluding hydrogens is 547 g/mol. The van der Waals surface area contributed by atoms with Crippen LogP contribution in [0.5, 0.6) is 0 Å². The molecule has 0 unspecified atom stereocenters. The van der Waals surface area contributed by atoms with Crippen molar-refractivity contribution in [3.63, 3.8) is 0 Å². The number of aromatic nitrogens is 2. The Hall–Kier alpha value is -3.28. The Labute approximate surface area is 222 Å². The number of amides is 1. The van der Waals surface area contributed by atoms with E-state index in [1.165, 1.54) is 39.1 Å². The van der Waals surface area contributed by atoms with Crippen molar-refractivity contribution in [3.05, 3.63) is 52.2 Å². The van der Waals surface area contributed by atoms with Crippen LogP contribution in [0, 0.1) is 17.1 Å². The van der Waals surface area contributed by atoms with Gasteiger partial charge in [-0.15, -0.1) is 0 Å². The van der Waals surface area contributed by atoms with Crippen molar-refractivity contribution < 1.29 is 27.3 Å². The number of amidine groups is 1. The van der Waals surface area contributed by atoms with Crippen LogP contribution < -0.4 is 15.4 Å². The first-order valence-corrected chi connectivity index (χ1v) is 13.6. The van der Waals surface area contributed by atoms with Gasteiger partial charge in [0.15, 0.2) is 0 Å². The minimum Gasteiger partial charge on any atom is -0.465 e. The van der Waals surface area contributed by atoms with Gasteiger partial charge in [-0.2, -0.15) is 5.26 Å². The fourth-order valence-corrected chi connectivity index (χ4v) is 8.72. The van der Waals surface area contributed by atoms with Gasteiger partial charge in [0.1, 0.15) is 34.8 Å². The van der Waals surface area contributed by atoms with Crippen LogP contribution in [0.1, 0.15) is 44.1 Å². The number of pyridine rings is 2. The lowest BCUT2D eigenvalue weighted by molar-refractivity contribution is -0.0139. The van der Waals surface area contributed by atoms with Crippen LogP contribution in [0.15, 0.2) is 29.4 Å². The zero-order valence-electron chi connectivity index (χ0n) is 20.5. The molecule has 1 fully saturated rings. The van der Waals surface area contributed by atoms with Crippen LogP contribution in [-0.2, 0) is 22.2 Å². The third kappa shape index (κ3) is 4.70. The molecular formula is C23H25ClF3N7O3S. The molecule has 4 N–H and O–H groups in total. The van der Waals surface area contributed by atoms with Crippen molar-refractivity contribution in [3.8, 4) is 6.07 Å². The largest absolute Gasteiger partial charge is 0.465 e. The van der Waals surface area contributed by atoms with Crippen LogP contribution in [0.4, 0.5) is 23.8 Å². The molecule has 2 aliphatic heterocycles. The van der Waals surface area contributed by atoms with Gasteiger partial charge in [-0.1, -0.05) is 11.6 Å². The van der Waals surface area contributed by atoms with E-state index in [9.17, 15) is 22.9 Å². The van der Waals surface area contributed by atoms with Crippen molar-refractivity contribution in [2.45, 2.75) is 55.2 Å².